The lowest BCUT2D eigenvalue weighted by molar-refractivity contribution is -0.667. The van der Waals surface area contributed by atoms with Gasteiger partial charge in [-0.05, 0) is 147 Å². The van der Waals surface area contributed by atoms with Crippen molar-refractivity contribution in [2.45, 2.75) is 221 Å². The van der Waals surface area contributed by atoms with E-state index in [1.165, 1.54) is 41.9 Å². The van der Waals surface area contributed by atoms with Crippen LogP contribution in [0.4, 0.5) is 0 Å². The topological polar surface area (TPSA) is 253 Å². The first-order chi connectivity index (χ1) is 38.7. The summed E-state index contributed by atoms with van der Waals surface area (Å²) in [5, 5.41) is 5.31. The number of hydrogen-bond donors (Lipinski definition) is 2. The lowest BCUT2D eigenvalue weighted by Crippen LogP contribution is -2.66. The second kappa shape index (κ2) is 23.8. The highest BCUT2D eigenvalue weighted by atomic mass is 17.4. The quantitative estimate of drug-likeness (QED) is 0.0839. The number of esters is 6. The molecule has 0 bridgehead atoms. The van der Waals surface area contributed by atoms with Gasteiger partial charge in [0.05, 0.1) is 14.2 Å². The molecule has 82 heavy (non-hydrogen) atoms. The summed E-state index contributed by atoms with van der Waals surface area (Å²) in [6.45, 7) is 18.9. The van der Waals surface area contributed by atoms with Gasteiger partial charge in [-0.15, -0.1) is 0 Å². The first-order valence-electron chi connectivity index (χ1n) is 30.7. The molecule has 20 atom stereocenters. The normalized spacial score (nSPS) is 43.1. The van der Waals surface area contributed by atoms with Crippen LogP contribution in [0.1, 0.15) is 185 Å². The van der Waals surface area contributed by atoms with Gasteiger partial charge in [0, 0.05) is 88.9 Å². The van der Waals surface area contributed by atoms with Crippen molar-refractivity contribution < 1.29 is 86.3 Å². The largest absolute Gasteiger partial charge is 0.468 e. The zero-order valence-corrected chi connectivity index (χ0v) is 50.7. The molecular formula is C62H94N2O18. The first kappa shape index (κ1) is 62.1. The predicted octanol–water partition coefficient (Wildman–Crippen LogP) is 8.18. The average Bonchev–Trinajstić information content (AvgIpc) is 1.96. The fourth-order valence-corrected chi connectivity index (χ4v) is 19.9. The van der Waals surface area contributed by atoms with Crippen molar-refractivity contribution >= 4 is 47.6 Å². The van der Waals surface area contributed by atoms with E-state index < -0.39 is 58.8 Å². The third-order valence-electron chi connectivity index (χ3n) is 23.9. The minimum atomic E-state index is -1.24. The molecule has 20 nitrogen and oxygen atoms in total. The summed E-state index contributed by atoms with van der Waals surface area (Å²) in [6.07, 6.45) is 8.93. The van der Waals surface area contributed by atoms with Crippen molar-refractivity contribution in [3.63, 3.8) is 0 Å². The molecule has 1 heterocycles. The van der Waals surface area contributed by atoms with Crippen molar-refractivity contribution in [1.82, 2.24) is 10.6 Å². The van der Waals surface area contributed by atoms with E-state index in [2.05, 4.69) is 52.2 Å². The smallest absolute Gasteiger partial charge is 0.325 e. The average molecular weight is 1160 g/mol. The van der Waals surface area contributed by atoms with E-state index in [-0.39, 0.29) is 143 Å². The number of amides is 2. The van der Waals surface area contributed by atoms with Crippen LogP contribution in [0.3, 0.4) is 0 Å². The van der Waals surface area contributed by atoms with Crippen LogP contribution in [0.25, 0.3) is 0 Å². The summed E-state index contributed by atoms with van der Waals surface area (Å²) in [5.74, 6) is -4.87. The van der Waals surface area contributed by atoms with E-state index >= 15 is 0 Å². The summed E-state index contributed by atoms with van der Waals surface area (Å²) >= 11 is 0. The minimum absolute atomic E-state index is 0.00472. The second-order valence-electron chi connectivity index (χ2n) is 27.8. The van der Waals surface area contributed by atoms with Crippen molar-refractivity contribution in [3.8, 4) is 0 Å². The van der Waals surface area contributed by atoms with Crippen molar-refractivity contribution in [2.24, 2.45) is 92.7 Å². The molecule has 9 fully saturated rings. The van der Waals surface area contributed by atoms with Crippen molar-refractivity contribution in [3.05, 3.63) is 0 Å². The lowest BCUT2D eigenvalue weighted by Gasteiger charge is -2.66. The standard InChI is InChI=1S/C62H94N2O18/c1-33(13-19-51(69)63-31-53(71)73-11)41-15-17-43-55-45(27-49(59(41,43)9)77-37(5)67)57(7)21-23-61(29-39(57)25-47(55)75-35(3)65)79-81-62(82-80-61)24-22-58(8)40(30-62)26-48(76-36(4)66)56-44-18-16-42(34(2)14-20-52(70)64-32-54(72)74-12)60(44,10)50(28-46(56)58)78-38(6)68/h33-34,39-50,55-56H,13-32H2,1-12H3,(H,63,69)(H,64,70)/t33?,34?,39-,40-,41-,42-,43?,44?,45?,46?,47-,48-,49+,50+,55?,56?,57+,58+,59-,60-,61?,62?/m1/s1. The van der Waals surface area contributed by atoms with Gasteiger partial charge in [0.25, 0.3) is 0 Å². The molecule has 8 saturated carbocycles. The molecule has 2 N–H and O–H groups in total. The second-order valence-corrected chi connectivity index (χ2v) is 27.8. The number of ether oxygens (including phenoxy) is 6. The summed E-state index contributed by atoms with van der Waals surface area (Å²) in [7, 11) is 2.56. The van der Waals surface area contributed by atoms with Crippen LogP contribution in [0.15, 0.2) is 0 Å². The fraction of sp³-hybridized carbons (Fsp3) is 0.871. The third-order valence-corrected chi connectivity index (χ3v) is 23.9. The number of carbonyl (C=O) groups excluding carboxylic acids is 8. The van der Waals surface area contributed by atoms with Gasteiger partial charge in [-0.2, -0.15) is 19.6 Å². The SMILES string of the molecule is COC(=O)CNC(=O)CCC(C)[C@H]1CCC2C3C(C[C@H](OC(C)=O)[C@@]21C)[C@@]1(C)CCC2(C[C@H]1C[C@H]3OC(C)=O)OOC1(CC[C@]3(C)C4C[C@H](OC(C)=O)[C@@]5(C)C(CC[C@@H]5C(C)CCC(=O)NCC(=O)OC)C4[C@H](OC(C)=O)C[C@@H]3C1)OO2. The third kappa shape index (κ3) is 11.5. The first-order valence-corrected chi connectivity index (χ1v) is 30.7. The lowest BCUT2D eigenvalue weighted by atomic mass is 9.42. The molecule has 2 spiro atoms. The molecule has 460 valence electrons. The van der Waals surface area contributed by atoms with Crippen LogP contribution in [0.5, 0.6) is 0 Å². The number of fused-ring (bicyclic) bond motifs is 10. The Kier molecular flexibility index (Phi) is 18.0. The number of rotatable bonds is 16. The number of nitrogens with one attached hydrogen (secondary N) is 2. The van der Waals surface area contributed by atoms with Gasteiger partial charge in [0.1, 0.15) is 37.5 Å². The fourth-order valence-electron chi connectivity index (χ4n) is 19.9. The summed E-state index contributed by atoms with van der Waals surface area (Å²) in [4.78, 5) is 128. The minimum Gasteiger partial charge on any atom is -0.468 e. The molecule has 1 saturated heterocycles. The van der Waals surface area contributed by atoms with Gasteiger partial charge < -0.3 is 39.1 Å². The summed E-state index contributed by atoms with van der Waals surface area (Å²) in [5.41, 5.74) is -1.48. The summed E-state index contributed by atoms with van der Waals surface area (Å²) < 4.78 is 35.0. The number of carbonyl (C=O) groups is 8. The Morgan fingerprint density at radius 3 is 1.17 bits per heavy atom. The summed E-state index contributed by atoms with van der Waals surface area (Å²) in [6, 6.07) is 0. The number of hydrogen-bond acceptors (Lipinski definition) is 18. The van der Waals surface area contributed by atoms with E-state index in [0.717, 1.165) is 25.7 Å². The maximum Gasteiger partial charge on any atom is 0.325 e. The molecule has 20 heteroatoms. The molecule has 9 rings (SSSR count). The maximum atomic E-state index is 13.1. The van der Waals surface area contributed by atoms with E-state index in [1.807, 2.05) is 0 Å². The molecule has 0 aromatic rings. The molecule has 0 aromatic carbocycles. The van der Waals surface area contributed by atoms with Gasteiger partial charge in [-0.1, -0.05) is 41.5 Å². The monoisotopic (exact) mass is 1150 g/mol. The maximum absolute atomic E-state index is 13.1. The molecule has 0 aromatic heterocycles. The van der Waals surface area contributed by atoms with Crippen molar-refractivity contribution in [2.75, 3.05) is 27.3 Å². The van der Waals surface area contributed by atoms with Gasteiger partial charge in [0.2, 0.25) is 23.4 Å². The molecule has 8 aliphatic carbocycles. The Balaban J connectivity index is 0.899. The zero-order valence-electron chi connectivity index (χ0n) is 50.7. The molecule has 0 radical (unpaired) electrons. The van der Waals surface area contributed by atoms with Crippen LogP contribution >= 0.6 is 0 Å². The molecule has 8 unspecified atom stereocenters. The Bertz CT molecular complexity index is 2280. The Morgan fingerprint density at radius 2 is 0.841 bits per heavy atom. The van der Waals surface area contributed by atoms with Crippen molar-refractivity contribution in [1.29, 1.82) is 0 Å². The highest BCUT2D eigenvalue weighted by molar-refractivity contribution is 5.82. The van der Waals surface area contributed by atoms with Gasteiger partial charge >= 0.3 is 35.8 Å². The number of methoxy groups -OCH3 is 2. The highest BCUT2D eigenvalue weighted by Gasteiger charge is 2.72. The van der Waals surface area contributed by atoms with Gasteiger partial charge in [-0.25, -0.2) is 0 Å². The van der Waals surface area contributed by atoms with Crippen LogP contribution in [-0.4, -0.2) is 111 Å². The molecule has 1 aliphatic heterocycles. The van der Waals surface area contributed by atoms with Gasteiger partial charge in [0.15, 0.2) is 0 Å². The van der Waals surface area contributed by atoms with Crippen LogP contribution in [0, 0.1) is 92.7 Å². The van der Waals surface area contributed by atoms with Crippen LogP contribution in [0.2, 0.25) is 0 Å². The Morgan fingerprint density at radius 1 is 0.488 bits per heavy atom. The van der Waals surface area contributed by atoms with Crippen LogP contribution in [-0.2, 0) is 86.3 Å². The predicted molar refractivity (Wildman–Crippen MR) is 291 cm³/mol. The molecule has 2 amide bonds. The van der Waals surface area contributed by atoms with Gasteiger partial charge in [-0.3, -0.25) is 38.4 Å². The van der Waals surface area contributed by atoms with E-state index in [4.69, 9.17) is 48.0 Å². The van der Waals surface area contributed by atoms with E-state index in [0.29, 0.717) is 77.0 Å². The zero-order chi connectivity index (χ0) is 59.5. The van der Waals surface area contributed by atoms with E-state index in [1.54, 1.807) is 0 Å². The molecule has 9 aliphatic rings. The van der Waals surface area contributed by atoms with Crippen LogP contribution < -0.4 is 10.6 Å². The Labute approximate surface area is 483 Å². The molecular weight excluding hydrogens is 1060 g/mol. The highest BCUT2D eigenvalue weighted by Crippen LogP contribution is 2.73. The Hall–Kier alpha value is -4.40. The van der Waals surface area contributed by atoms with E-state index in [9.17, 15) is 38.4 Å².